The van der Waals surface area contributed by atoms with E-state index in [1.807, 2.05) is 16.8 Å². The number of nitro benzene ring substituents is 1. The highest BCUT2D eigenvalue weighted by Crippen LogP contribution is 2.29. The van der Waals surface area contributed by atoms with Gasteiger partial charge in [-0.05, 0) is 41.5 Å². The van der Waals surface area contributed by atoms with Crippen molar-refractivity contribution in [3.05, 3.63) is 56.8 Å². The summed E-state index contributed by atoms with van der Waals surface area (Å²) >= 11 is 1.49. The Labute approximate surface area is 153 Å². The standard InChI is InChI=1S/C17H16N2O6S/c1-11(25-16(20)6-3-12-7-8-26-10-12)17(21)18-14-9-13(19(22)23)4-5-15(14)24-2/h3-11H,1-2H3,(H,18,21)/b6-3+/t11-/m0/s1. The van der Waals surface area contributed by atoms with Crippen LogP contribution in [0, 0.1) is 10.1 Å². The number of amides is 1. The van der Waals surface area contributed by atoms with Crippen molar-refractivity contribution in [2.24, 2.45) is 0 Å². The van der Waals surface area contributed by atoms with Gasteiger partial charge >= 0.3 is 5.97 Å². The highest BCUT2D eigenvalue weighted by molar-refractivity contribution is 7.08. The third kappa shape index (κ3) is 5.15. The van der Waals surface area contributed by atoms with Gasteiger partial charge in [0, 0.05) is 18.2 Å². The lowest BCUT2D eigenvalue weighted by Gasteiger charge is -2.14. The fourth-order valence-electron chi connectivity index (χ4n) is 1.94. The Morgan fingerprint density at radius 1 is 1.35 bits per heavy atom. The van der Waals surface area contributed by atoms with E-state index in [1.165, 1.54) is 49.6 Å². The Morgan fingerprint density at radius 2 is 2.12 bits per heavy atom. The maximum Gasteiger partial charge on any atom is 0.331 e. The summed E-state index contributed by atoms with van der Waals surface area (Å²) in [6, 6.07) is 5.63. The van der Waals surface area contributed by atoms with Crippen molar-refractivity contribution in [1.82, 2.24) is 0 Å². The molecule has 136 valence electrons. The average molecular weight is 376 g/mol. The molecule has 1 atom stereocenters. The quantitative estimate of drug-likeness (QED) is 0.344. The number of rotatable bonds is 7. The predicted octanol–water partition coefficient (Wildman–Crippen LogP) is 3.25. The minimum absolute atomic E-state index is 0.114. The van der Waals surface area contributed by atoms with E-state index in [2.05, 4.69) is 5.32 Å². The molecule has 0 aliphatic carbocycles. The van der Waals surface area contributed by atoms with Crippen molar-refractivity contribution >= 4 is 40.7 Å². The van der Waals surface area contributed by atoms with Gasteiger partial charge in [0.05, 0.1) is 17.7 Å². The lowest BCUT2D eigenvalue weighted by Crippen LogP contribution is -2.29. The summed E-state index contributed by atoms with van der Waals surface area (Å²) < 4.78 is 10.1. The molecule has 2 rings (SSSR count). The Kier molecular flexibility index (Phi) is 6.45. The molecule has 2 aromatic rings. The van der Waals surface area contributed by atoms with Crippen LogP contribution in [0.2, 0.25) is 0 Å². The predicted molar refractivity (Wildman–Crippen MR) is 97.2 cm³/mol. The van der Waals surface area contributed by atoms with E-state index >= 15 is 0 Å². The monoisotopic (exact) mass is 376 g/mol. The van der Waals surface area contributed by atoms with Crippen molar-refractivity contribution in [3.63, 3.8) is 0 Å². The van der Waals surface area contributed by atoms with Crippen LogP contribution in [-0.4, -0.2) is 30.0 Å². The Morgan fingerprint density at radius 3 is 2.73 bits per heavy atom. The summed E-state index contributed by atoms with van der Waals surface area (Å²) in [5.41, 5.74) is 0.762. The maximum atomic E-state index is 12.2. The van der Waals surface area contributed by atoms with Gasteiger partial charge in [0.1, 0.15) is 5.75 Å². The Hall–Kier alpha value is -3.20. The number of nitro groups is 1. The summed E-state index contributed by atoms with van der Waals surface area (Å²) in [5, 5.41) is 17.1. The van der Waals surface area contributed by atoms with Crippen LogP contribution in [0.5, 0.6) is 5.75 Å². The maximum absolute atomic E-state index is 12.2. The van der Waals surface area contributed by atoms with Gasteiger partial charge in [-0.15, -0.1) is 0 Å². The Balaban J connectivity index is 2.01. The minimum atomic E-state index is -1.10. The number of hydrogen-bond donors (Lipinski definition) is 1. The smallest absolute Gasteiger partial charge is 0.331 e. The van der Waals surface area contributed by atoms with Crippen LogP contribution in [0.15, 0.2) is 41.1 Å². The topological polar surface area (TPSA) is 108 Å². The molecule has 0 fully saturated rings. The van der Waals surface area contributed by atoms with Crippen molar-refractivity contribution in [3.8, 4) is 5.75 Å². The molecule has 1 heterocycles. The minimum Gasteiger partial charge on any atom is -0.495 e. The number of anilines is 1. The van der Waals surface area contributed by atoms with Crippen LogP contribution in [0.1, 0.15) is 12.5 Å². The third-order valence-corrected chi connectivity index (χ3v) is 3.97. The lowest BCUT2D eigenvalue weighted by molar-refractivity contribution is -0.384. The molecule has 1 amide bonds. The number of benzene rings is 1. The number of methoxy groups -OCH3 is 1. The highest BCUT2D eigenvalue weighted by Gasteiger charge is 2.20. The lowest BCUT2D eigenvalue weighted by atomic mass is 10.2. The van der Waals surface area contributed by atoms with Crippen LogP contribution in [-0.2, 0) is 14.3 Å². The normalized spacial score (nSPS) is 11.8. The molecular weight excluding hydrogens is 360 g/mol. The van der Waals surface area contributed by atoms with Crippen LogP contribution in [0.4, 0.5) is 11.4 Å². The van der Waals surface area contributed by atoms with Gasteiger partial charge in [-0.3, -0.25) is 14.9 Å². The first-order valence-corrected chi connectivity index (χ1v) is 8.39. The zero-order chi connectivity index (χ0) is 19.1. The number of esters is 1. The van der Waals surface area contributed by atoms with E-state index in [0.717, 1.165) is 5.56 Å². The third-order valence-electron chi connectivity index (χ3n) is 3.27. The molecule has 0 bridgehead atoms. The van der Waals surface area contributed by atoms with Gasteiger partial charge in [-0.2, -0.15) is 11.3 Å². The molecule has 8 nitrogen and oxygen atoms in total. The van der Waals surface area contributed by atoms with E-state index in [1.54, 1.807) is 6.08 Å². The van der Waals surface area contributed by atoms with Crippen LogP contribution >= 0.6 is 11.3 Å². The molecular formula is C17H16N2O6S. The zero-order valence-electron chi connectivity index (χ0n) is 14.0. The fourth-order valence-corrected chi connectivity index (χ4v) is 2.57. The van der Waals surface area contributed by atoms with Gasteiger partial charge in [0.15, 0.2) is 6.10 Å². The van der Waals surface area contributed by atoms with Crippen LogP contribution in [0.3, 0.4) is 0 Å². The molecule has 26 heavy (non-hydrogen) atoms. The molecule has 0 radical (unpaired) electrons. The molecule has 0 aliphatic heterocycles. The first kappa shape index (κ1) is 19.1. The molecule has 0 spiro atoms. The Bertz CT molecular complexity index is 832. The summed E-state index contributed by atoms with van der Waals surface area (Å²) in [4.78, 5) is 34.2. The second-order valence-electron chi connectivity index (χ2n) is 5.10. The van der Waals surface area contributed by atoms with Crippen molar-refractivity contribution < 1.29 is 24.0 Å². The van der Waals surface area contributed by atoms with Gasteiger partial charge in [-0.1, -0.05) is 0 Å². The van der Waals surface area contributed by atoms with E-state index < -0.39 is 22.9 Å². The number of thiophene rings is 1. The highest BCUT2D eigenvalue weighted by atomic mass is 32.1. The largest absolute Gasteiger partial charge is 0.495 e. The van der Waals surface area contributed by atoms with Crippen LogP contribution < -0.4 is 10.1 Å². The number of hydrogen-bond acceptors (Lipinski definition) is 7. The van der Waals surface area contributed by atoms with Gasteiger partial charge in [0.25, 0.3) is 11.6 Å². The van der Waals surface area contributed by atoms with Gasteiger partial charge in [-0.25, -0.2) is 4.79 Å². The van der Waals surface area contributed by atoms with E-state index in [0.29, 0.717) is 0 Å². The van der Waals surface area contributed by atoms with Crippen molar-refractivity contribution in [2.75, 3.05) is 12.4 Å². The first-order valence-electron chi connectivity index (χ1n) is 7.45. The molecule has 9 heteroatoms. The van der Waals surface area contributed by atoms with Crippen LogP contribution in [0.25, 0.3) is 6.08 Å². The second kappa shape index (κ2) is 8.77. The molecule has 1 aromatic heterocycles. The first-order chi connectivity index (χ1) is 12.4. The van der Waals surface area contributed by atoms with Gasteiger partial charge < -0.3 is 14.8 Å². The van der Waals surface area contributed by atoms with E-state index in [-0.39, 0.29) is 17.1 Å². The van der Waals surface area contributed by atoms with Crippen molar-refractivity contribution in [1.29, 1.82) is 0 Å². The molecule has 0 saturated heterocycles. The number of ether oxygens (including phenoxy) is 2. The molecule has 0 saturated carbocycles. The fraction of sp³-hybridized carbons (Fsp3) is 0.176. The number of nitrogens with one attached hydrogen (secondary N) is 1. The number of carbonyl (C=O) groups is 2. The summed E-state index contributed by atoms with van der Waals surface area (Å²) in [6.07, 6.45) is 1.70. The SMILES string of the molecule is COc1ccc([N+](=O)[O-])cc1NC(=O)[C@H](C)OC(=O)/C=C/c1ccsc1. The molecule has 0 aliphatic rings. The second-order valence-corrected chi connectivity index (χ2v) is 5.88. The average Bonchev–Trinajstić information content (AvgIpc) is 3.13. The summed E-state index contributed by atoms with van der Waals surface area (Å²) in [6.45, 7) is 1.40. The van der Waals surface area contributed by atoms with E-state index in [4.69, 9.17) is 9.47 Å². The molecule has 0 unspecified atom stereocenters. The number of nitrogens with zero attached hydrogens (tertiary/aromatic N) is 1. The molecule has 1 aromatic carbocycles. The van der Waals surface area contributed by atoms with Crippen molar-refractivity contribution in [2.45, 2.75) is 13.0 Å². The molecule has 1 N–H and O–H groups in total. The zero-order valence-corrected chi connectivity index (χ0v) is 14.8. The van der Waals surface area contributed by atoms with E-state index in [9.17, 15) is 19.7 Å². The summed E-state index contributed by atoms with van der Waals surface area (Å²) in [7, 11) is 1.37. The number of non-ortho nitro benzene ring substituents is 1. The number of carbonyl (C=O) groups excluding carboxylic acids is 2. The van der Waals surface area contributed by atoms with Gasteiger partial charge in [0.2, 0.25) is 0 Å². The summed E-state index contributed by atoms with van der Waals surface area (Å²) in [5.74, 6) is -1.06.